The van der Waals surface area contributed by atoms with Crippen LogP contribution in [-0.2, 0) is 4.79 Å². The summed E-state index contributed by atoms with van der Waals surface area (Å²) in [6.45, 7) is 9.58. The summed E-state index contributed by atoms with van der Waals surface area (Å²) < 4.78 is 0. The first-order valence-corrected chi connectivity index (χ1v) is 6.47. The lowest BCUT2D eigenvalue weighted by molar-refractivity contribution is -0.121. The molecule has 0 saturated carbocycles. The molecule has 0 aromatic rings. The predicted molar refractivity (Wildman–Crippen MR) is 70.3 cm³/mol. The topological polar surface area (TPSA) is 64.7 Å². The van der Waals surface area contributed by atoms with E-state index in [0.717, 1.165) is 32.7 Å². The van der Waals surface area contributed by atoms with Crippen molar-refractivity contribution in [3.05, 3.63) is 0 Å². The van der Waals surface area contributed by atoms with Crippen LogP contribution < -0.4 is 10.6 Å². The second-order valence-corrected chi connectivity index (χ2v) is 5.10. The van der Waals surface area contributed by atoms with Crippen LogP contribution in [0.3, 0.4) is 0 Å². The number of nitrogens with zero attached hydrogens (tertiary/aromatic N) is 2. The van der Waals surface area contributed by atoms with Crippen molar-refractivity contribution in [3.63, 3.8) is 0 Å². The number of urea groups is 1. The molecule has 3 amide bonds. The highest BCUT2D eigenvalue weighted by atomic mass is 16.2. The van der Waals surface area contributed by atoms with Crippen LogP contribution in [-0.4, -0.2) is 68.1 Å². The largest absolute Gasteiger partial charge is 0.341 e. The van der Waals surface area contributed by atoms with Crippen molar-refractivity contribution in [1.29, 1.82) is 0 Å². The van der Waals surface area contributed by atoms with Crippen molar-refractivity contribution in [2.45, 2.75) is 13.8 Å². The van der Waals surface area contributed by atoms with Gasteiger partial charge in [-0.1, -0.05) is 13.8 Å². The monoisotopic (exact) mass is 256 g/mol. The normalized spacial score (nSPS) is 17.8. The Morgan fingerprint density at radius 2 is 1.67 bits per heavy atom. The van der Waals surface area contributed by atoms with Gasteiger partial charge in [-0.25, -0.2) is 4.79 Å². The molecule has 0 radical (unpaired) electrons. The second kappa shape index (κ2) is 7.33. The third kappa shape index (κ3) is 5.46. The van der Waals surface area contributed by atoms with E-state index in [9.17, 15) is 9.59 Å². The minimum absolute atomic E-state index is 0.244. The fourth-order valence-electron chi connectivity index (χ4n) is 2.08. The molecule has 1 aliphatic rings. The summed E-state index contributed by atoms with van der Waals surface area (Å²) in [5, 5.41) is 4.64. The van der Waals surface area contributed by atoms with Crippen LogP contribution in [0.1, 0.15) is 13.8 Å². The Morgan fingerprint density at radius 3 is 2.17 bits per heavy atom. The zero-order chi connectivity index (χ0) is 13.5. The van der Waals surface area contributed by atoms with Crippen LogP contribution in [0.15, 0.2) is 0 Å². The van der Waals surface area contributed by atoms with Crippen molar-refractivity contribution in [3.8, 4) is 0 Å². The van der Waals surface area contributed by atoms with Gasteiger partial charge in [0.15, 0.2) is 0 Å². The number of carbonyl (C=O) groups excluding carboxylic acids is 2. The molecule has 0 aromatic carbocycles. The first-order valence-electron chi connectivity index (χ1n) is 6.47. The smallest absolute Gasteiger partial charge is 0.321 e. The highest BCUT2D eigenvalue weighted by Gasteiger charge is 2.19. The predicted octanol–water partition coefficient (Wildman–Crippen LogP) is -0.284. The minimum atomic E-state index is -0.446. The van der Waals surface area contributed by atoms with E-state index < -0.39 is 6.03 Å². The summed E-state index contributed by atoms with van der Waals surface area (Å²) >= 11 is 0. The van der Waals surface area contributed by atoms with E-state index in [4.69, 9.17) is 0 Å². The standard InChI is InChI=1S/C12H24N4O2/c1-10(2)8-15-4-6-16(7-5-15)9-11(17)14-12(18)13-3/h10H,4-9H2,1-3H3,(H2,13,14,17,18). The highest BCUT2D eigenvalue weighted by Crippen LogP contribution is 2.04. The van der Waals surface area contributed by atoms with Gasteiger partial charge < -0.3 is 10.2 Å². The molecule has 0 bridgehead atoms. The van der Waals surface area contributed by atoms with E-state index in [1.165, 1.54) is 7.05 Å². The summed E-state index contributed by atoms with van der Waals surface area (Å²) in [5.41, 5.74) is 0. The zero-order valence-corrected chi connectivity index (χ0v) is 11.5. The highest BCUT2D eigenvalue weighted by molar-refractivity contribution is 5.95. The van der Waals surface area contributed by atoms with Crippen molar-refractivity contribution >= 4 is 11.9 Å². The average Bonchev–Trinajstić information content (AvgIpc) is 2.30. The Bertz CT molecular complexity index is 286. The fourth-order valence-corrected chi connectivity index (χ4v) is 2.08. The van der Waals surface area contributed by atoms with Crippen molar-refractivity contribution in [2.24, 2.45) is 5.92 Å². The van der Waals surface area contributed by atoms with Crippen molar-refractivity contribution < 1.29 is 9.59 Å². The van der Waals surface area contributed by atoms with E-state index in [1.54, 1.807) is 0 Å². The van der Waals surface area contributed by atoms with Crippen LogP contribution >= 0.6 is 0 Å². The number of hydrogen-bond donors (Lipinski definition) is 2. The van der Waals surface area contributed by atoms with Gasteiger partial charge in [0.1, 0.15) is 0 Å². The third-order valence-electron chi connectivity index (χ3n) is 2.94. The number of piperazine rings is 1. The first kappa shape index (κ1) is 14.9. The maximum Gasteiger partial charge on any atom is 0.321 e. The van der Waals surface area contributed by atoms with Crippen molar-refractivity contribution in [1.82, 2.24) is 20.4 Å². The number of hydrogen-bond acceptors (Lipinski definition) is 4. The summed E-state index contributed by atoms with van der Waals surface area (Å²) in [5.74, 6) is 0.430. The number of imide groups is 1. The Morgan fingerprint density at radius 1 is 1.11 bits per heavy atom. The molecule has 0 atom stereocenters. The van der Waals surface area contributed by atoms with Gasteiger partial charge in [-0.05, 0) is 5.92 Å². The molecule has 6 heteroatoms. The SMILES string of the molecule is CNC(=O)NC(=O)CN1CCN(CC(C)C)CC1. The van der Waals surface area contributed by atoms with E-state index in [1.807, 2.05) is 0 Å². The quantitative estimate of drug-likeness (QED) is 0.726. The molecular formula is C12H24N4O2. The summed E-state index contributed by atoms with van der Waals surface area (Å²) in [6.07, 6.45) is 0. The average molecular weight is 256 g/mol. The molecule has 18 heavy (non-hydrogen) atoms. The maximum atomic E-state index is 11.5. The Labute approximate surface area is 109 Å². The molecule has 1 rings (SSSR count). The van der Waals surface area contributed by atoms with Gasteiger partial charge in [-0.2, -0.15) is 0 Å². The fraction of sp³-hybridized carbons (Fsp3) is 0.833. The van der Waals surface area contributed by atoms with Crippen LogP contribution in [0, 0.1) is 5.92 Å². The lowest BCUT2D eigenvalue weighted by atomic mass is 10.2. The van der Waals surface area contributed by atoms with Gasteiger partial charge in [-0.15, -0.1) is 0 Å². The summed E-state index contributed by atoms with van der Waals surface area (Å²) in [7, 11) is 1.49. The summed E-state index contributed by atoms with van der Waals surface area (Å²) in [4.78, 5) is 27.0. The third-order valence-corrected chi connectivity index (χ3v) is 2.94. The van der Waals surface area contributed by atoms with Gasteiger partial charge in [0.25, 0.3) is 0 Å². The number of nitrogens with one attached hydrogen (secondary N) is 2. The molecule has 0 aromatic heterocycles. The van der Waals surface area contributed by atoms with Crippen LogP contribution in [0.5, 0.6) is 0 Å². The van der Waals surface area contributed by atoms with Gasteiger partial charge in [-0.3, -0.25) is 15.0 Å². The van der Waals surface area contributed by atoms with E-state index in [2.05, 4.69) is 34.3 Å². The molecule has 0 spiro atoms. The lowest BCUT2D eigenvalue weighted by Crippen LogP contribution is -2.51. The Hall–Kier alpha value is -1.14. The van der Waals surface area contributed by atoms with Crippen molar-refractivity contribution in [2.75, 3.05) is 46.3 Å². The molecule has 1 aliphatic heterocycles. The molecular weight excluding hydrogens is 232 g/mol. The molecule has 2 N–H and O–H groups in total. The first-order chi connectivity index (χ1) is 8.51. The molecule has 0 aliphatic carbocycles. The zero-order valence-electron chi connectivity index (χ0n) is 11.5. The lowest BCUT2D eigenvalue weighted by Gasteiger charge is -2.35. The van der Waals surface area contributed by atoms with Gasteiger partial charge in [0.05, 0.1) is 6.54 Å². The van der Waals surface area contributed by atoms with E-state index in [-0.39, 0.29) is 5.91 Å². The molecule has 104 valence electrons. The van der Waals surface area contributed by atoms with Gasteiger partial charge in [0.2, 0.25) is 5.91 Å². The second-order valence-electron chi connectivity index (χ2n) is 5.10. The Balaban J connectivity index is 2.23. The van der Waals surface area contributed by atoms with Gasteiger partial charge in [0, 0.05) is 39.8 Å². The van der Waals surface area contributed by atoms with E-state index >= 15 is 0 Å². The number of carbonyl (C=O) groups is 2. The molecule has 6 nitrogen and oxygen atoms in total. The minimum Gasteiger partial charge on any atom is -0.341 e. The number of amides is 3. The van der Waals surface area contributed by atoms with Crippen LogP contribution in [0.25, 0.3) is 0 Å². The molecule has 1 saturated heterocycles. The van der Waals surface area contributed by atoms with Crippen LogP contribution in [0.2, 0.25) is 0 Å². The molecule has 1 heterocycles. The van der Waals surface area contributed by atoms with Gasteiger partial charge >= 0.3 is 6.03 Å². The Kier molecular flexibility index (Phi) is 6.07. The summed E-state index contributed by atoms with van der Waals surface area (Å²) in [6, 6.07) is -0.446. The van der Waals surface area contributed by atoms with Crippen LogP contribution in [0.4, 0.5) is 4.79 Å². The maximum absolute atomic E-state index is 11.5. The number of rotatable bonds is 4. The molecule has 0 unspecified atom stereocenters. The van der Waals surface area contributed by atoms with E-state index in [0.29, 0.717) is 12.5 Å². The molecule has 1 fully saturated rings.